The van der Waals surface area contributed by atoms with Gasteiger partial charge < -0.3 is 15.0 Å². The second-order valence-electron chi connectivity index (χ2n) is 5.43. The molecule has 0 saturated carbocycles. The first-order chi connectivity index (χ1) is 11.5. The maximum atomic E-state index is 13.9. The van der Waals surface area contributed by atoms with Crippen molar-refractivity contribution in [1.29, 1.82) is 0 Å². The van der Waals surface area contributed by atoms with Crippen LogP contribution in [-0.2, 0) is 11.3 Å². The molecule has 1 aliphatic heterocycles. The number of hydrogen-bond acceptors (Lipinski definition) is 5. The van der Waals surface area contributed by atoms with Crippen LogP contribution in [0.2, 0.25) is 0 Å². The van der Waals surface area contributed by atoms with Crippen LogP contribution in [0.3, 0.4) is 0 Å². The number of carbonyl (C=O) groups excluding carboxylic acids is 1. The summed E-state index contributed by atoms with van der Waals surface area (Å²) in [7, 11) is 0. The lowest BCUT2D eigenvalue weighted by Crippen LogP contribution is -2.47. The Morgan fingerprint density at radius 3 is 2.96 bits per heavy atom. The van der Waals surface area contributed by atoms with Gasteiger partial charge in [0, 0.05) is 18.2 Å². The number of hydrogen-bond donors (Lipinski definition) is 1. The topological polar surface area (TPSA) is 80.5 Å². The van der Waals surface area contributed by atoms with Gasteiger partial charge in [0.2, 0.25) is 0 Å². The first kappa shape index (κ1) is 16.3. The third kappa shape index (κ3) is 3.51. The van der Waals surface area contributed by atoms with E-state index in [9.17, 15) is 13.6 Å². The molecule has 0 spiro atoms. The molecule has 0 radical (unpaired) electrons. The summed E-state index contributed by atoms with van der Waals surface area (Å²) in [5.41, 5.74) is 1.37. The summed E-state index contributed by atoms with van der Waals surface area (Å²) in [6.45, 7) is 2.71. The van der Waals surface area contributed by atoms with E-state index in [0.29, 0.717) is 17.9 Å². The SMILES string of the molecule is Cc1nonc1CNC(=O)N1CCOC(c2ccc(F)cc2F)C1. The maximum absolute atomic E-state index is 13.9. The second-order valence-corrected chi connectivity index (χ2v) is 5.43. The molecular weight excluding hydrogens is 322 g/mol. The quantitative estimate of drug-likeness (QED) is 0.925. The predicted molar refractivity (Wildman–Crippen MR) is 77.9 cm³/mol. The number of urea groups is 1. The molecule has 3 rings (SSSR count). The highest BCUT2D eigenvalue weighted by molar-refractivity contribution is 5.74. The first-order valence-electron chi connectivity index (χ1n) is 7.42. The van der Waals surface area contributed by atoms with Crippen molar-refractivity contribution in [2.75, 3.05) is 19.7 Å². The van der Waals surface area contributed by atoms with E-state index in [2.05, 4.69) is 20.3 Å². The van der Waals surface area contributed by atoms with Gasteiger partial charge in [0.05, 0.1) is 19.7 Å². The standard InChI is InChI=1S/C15H16F2N4O3/c1-9-13(20-24-19-9)7-18-15(22)21-4-5-23-14(8-21)11-3-2-10(16)6-12(11)17/h2-3,6,14H,4-5,7-8H2,1H3,(H,18,22). The van der Waals surface area contributed by atoms with Gasteiger partial charge in [-0.05, 0) is 13.0 Å². The van der Waals surface area contributed by atoms with Crippen molar-refractivity contribution in [2.45, 2.75) is 19.6 Å². The van der Waals surface area contributed by atoms with Crippen LogP contribution >= 0.6 is 0 Å². The Morgan fingerprint density at radius 2 is 2.25 bits per heavy atom. The third-order valence-electron chi connectivity index (χ3n) is 3.82. The zero-order valence-corrected chi connectivity index (χ0v) is 13.0. The molecule has 1 unspecified atom stereocenters. The highest BCUT2D eigenvalue weighted by Gasteiger charge is 2.27. The largest absolute Gasteiger partial charge is 0.370 e. The zero-order valence-electron chi connectivity index (χ0n) is 13.0. The van der Waals surface area contributed by atoms with E-state index < -0.39 is 17.7 Å². The molecule has 1 aromatic carbocycles. The van der Waals surface area contributed by atoms with Gasteiger partial charge in [-0.2, -0.15) is 0 Å². The fourth-order valence-corrected chi connectivity index (χ4v) is 2.47. The fraction of sp³-hybridized carbons (Fsp3) is 0.400. The van der Waals surface area contributed by atoms with E-state index in [1.54, 1.807) is 6.92 Å². The number of benzene rings is 1. The van der Waals surface area contributed by atoms with Crippen LogP contribution in [0.4, 0.5) is 13.6 Å². The van der Waals surface area contributed by atoms with E-state index in [4.69, 9.17) is 4.74 Å². The number of nitrogens with one attached hydrogen (secondary N) is 1. The molecule has 1 aliphatic rings. The molecule has 1 N–H and O–H groups in total. The monoisotopic (exact) mass is 338 g/mol. The Morgan fingerprint density at radius 1 is 1.42 bits per heavy atom. The lowest BCUT2D eigenvalue weighted by Gasteiger charge is -2.33. The highest BCUT2D eigenvalue weighted by Crippen LogP contribution is 2.25. The molecule has 24 heavy (non-hydrogen) atoms. The maximum Gasteiger partial charge on any atom is 0.317 e. The molecular formula is C15H16F2N4O3. The van der Waals surface area contributed by atoms with Crippen LogP contribution in [0.5, 0.6) is 0 Å². The lowest BCUT2D eigenvalue weighted by molar-refractivity contribution is -0.0172. The Labute approximate surface area is 136 Å². The summed E-state index contributed by atoms with van der Waals surface area (Å²) in [5, 5.41) is 10.0. The van der Waals surface area contributed by atoms with E-state index in [1.165, 1.54) is 17.0 Å². The highest BCUT2D eigenvalue weighted by atomic mass is 19.1. The number of carbonyl (C=O) groups is 1. The zero-order chi connectivity index (χ0) is 17.1. The predicted octanol–water partition coefficient (Wildman–Crippen LogP) is 1.94. The van der Waals surface area contributed by atoms with Crippen molar-refractivity contribution >= 4 is 6.03 Å². The van der Waals surface area contributed by atoms with Crippen LogP contribution in [-0.4, -0.2) is 40.9 Å². The van der Waals surface area contributed by atoms with Crippen LogP contribution < -0.4 is 5.32 Å². The van der Waals surface area contributed by atoms with Gasteiger partial charge in [0.15, 0.2) is 0 Å². The minimum atomic E-state index is -0.688. The van der Waals surface area contributed by atoms with Crippen molar-refractivity contribution < 1.29 is 22.9 Å². The second kappa shape index (κ2) is 6.91. The van der Waals surface area contributed by atoms with Crippen molar-refractivity contribution in [3.8, 4) is 0 Å². The van der Waals surface area contributed by atoms with Crippen molar-refractivity contribution in [1.82, 2.24) is 20.5 Å². The van der Waals surface area contributed by atoms with Gasteiger partial charge >= 0.3 is 6.03 Å². The third-order valence-corrected chi connectivity index (χ3v) is 3.82. The van der Waals surface area contributed by atoms with E-state index in [1.807, 2.05) is 0 Å². The van der Waals surface area contributed by atoms with Gasteiger partial charge in [-0.15, -0.1) is 0 Å². The normalized spacial score (nSPS) is 17.8. The molecule has 0 bridgehead atoms. The van der Waals surface area contributed by atoms with Gasteiger partial charge in [0.1, 0.15) is 29.1 Å². The molecule has 0 aliphatic carbocycles. The Bertz CT molecular complexity index is 737. The number of amides is 2. The summed E-state index contributed by atoms with van der Waals surface area (Å²) in [6.07, 6.45) is -0.638. The Kier molecular flexibility index (Phi) is 4.70. The van der Waals surface area contributed by atoms with E-state index >= 15 is 0 Å². The molecule has 9 heteroatoms. The molecule has 128 valence electrons. The smallest absolute Gasteiger partial charge is 0.317 e. The summed E-state index contributed by atoms with van der Waals surface area (Å²) >= 11 is 0. The number of nitrogens with zero attached hydrogens (tertiary/aromatic N) is 3. The van der Waals surface area contributed by atoms with Crippen LogP contribution in [0.15, 0.2) is 22.8 Å². The van der Waals surface area contributed by atoms with E-state index in [0.717, 1.165) is 6.07 Å². The number of aryl methyl sites for hydroxylation is 1. The van der Waals surface area contributed by atoms with Crippen LogP contribution in [0.25, 0.3) is 0 Å². The molecule has 1 fully saturated rings. The van der Waals surface area contributed by atoms with Crippen molar-refractivity contribution in [2.24, 2.45) is 0 Å². The minimum Gasteiger partial charge on any atom is -0.370 e. The summed E-state index contributed by atoms with van der Waals surface area (Å²) in [4.78, 5) is 13.8. The van der Waals surface area contributed by atoms with Crippen LogP contribution in [0, 0.1) is 18.6 Å². The lowest BCUT2D eigenvalue weighted by atomic mass is 10.1. The average Bonchev–Trinajstić information content (AvgIpc) is 2.98. The van der Waals surface area contributed by atoms with Gasteiger partial charge in [-0.3, -0.25) is 0 Å². The molecule has 2 heterocycles. The molecule has 1 aromatic heterocycles. The van der Waals surface area contributed by atoms with E-state index in [-0.39, 0.29) is 31.3 Å². The molecule has 2 amide bonds. The number of halogens is 2. The van der Waals surface area contributed by atoms with Crippen LogP contribution in [0.1, 0.15) is 23.1 Å². The number of morpholine rings is 1. The molecule has 1 atom stereocenters. The summed E-state index contributed by atoms with van der Waals surface area (Å²) < 4.78 is 37.0. The summed E-state index contributed by atoms with van der Waals surface area (Å²) in [6, 6.07) is 2.98. The average molecular weight is 338 g/mol. The Hall–Kier alpha value is -2.55. The number of ether oxygens (including phenoxy) is 1. The molecule has 1 saturated heterocycles. The van der Waals surface area contributed by atoms with Crippen molar-refractivity contribution in [3.63, 3.8) is 0 Å². The van der Waals surface area contributed by atoms with Gasteiger partial charge in [-0.25, -0.2) is 18.2 Å². The fourth-order valence-electron chi connectivity index (χ4n) is 2.47. The van der Waals surface area contributed by atoms with Gasteiger partial charge in [0.25, 0.3) is 0 Å². The molecule has 7 nitrogen and oxygen atoms in total. The van der Waals surface area contributed by atoms with Crippen molar-refractivity contribution in [3.05, 3.63) is 46.8 Å². The molecule has 2 aromatic rings. The number of rotatable bonds is 3. The number of aromatic nitrogens is 2. The minimum absolute atomic E-state index is 0.171. The van der Waals surface area contributed by atoms with Gasteiger partial charge in [-0.1, -0.05) is 16.4 Å². The summed E-state index contributed by atoms with van der Waals surface area (Å²) in [5.74, 6) is -1.34. The first-order valence-corrected chi connectivity index (χ1v) is 7.42. The Balaban J connectivity index is 1.62.